The van der Waals surface area contributed by atoms with Crippen molar-refractivity contribution >= 4 is 11.4 Å². The van der Waals surface area contributed by atoms with Crippen LogP contribution >= 0.6 is 0 Å². The molecule has 84 valence electrons. The number of aryl methyl sites for hydroxylation is 1. The lowest BCUT2D eigenvalue weighted by Crippen LogP contribution is -2.24. The summed E-state index contributed by atoms with van der Waals surface area (Å²) in [6, 6.07) is 5.63. The predicted octanol–water partition coefficient (Wildman–Crippen LogP) is 0.996. The molecule has 0 amide bonds. The van der Waals surface area contributed by atoms with E-state index in [0.29, 0.717) is 13.2 Å². The number of anilines is 2. The molecule has 4 N–H and O–H groups in total. The number of hydrogen-bond donors (Lipinski definition) is 3. The third-order valence-corrected chi connectivity index (χ3v) is 2.14. The minimum Gasteiger partial charge on any atom is -0.399 e. The molecule has 0 heterocycles. The Hall–Kier alpha value is -1.26. The average Bonchev–Trinajstić information content (AvgIpc) is 2.17. The second-order valence-electron chi connectivity index (χ2n) is 3.56. The zero-order chi connectivity index (χ0) is 11.3. The van der Waals surface area contributed by atoms with Gasteiger partial charge in [-0.1, -0.05) is 0 Å². The molecule has 0 fully saturated rings. The van der Waals surface area contributed by atoms with Crippen molar-refractivity contribution in [2.24, 2.45) is 0 Å². The third-order valence-electron chi connectivity index (χ3n) is 2.14. The van der Waals surface area contributed by atoms with Crippen LogP contribution in [0.15, 0.2) is 18.2 Å². The molecule has 0 aliphatic carbocycles. The highest BCUT2D eigenvalue weighted by Gasteiger charge is 2.04. The summed E-state index contributed by atoms with van der Waals surface area (Å²) in [5.74, 6) is 0. The number of nitrogens with two attached hydrogens (primary N) is 1. The van der Waals surface area contributed by atoms with Crippen LogP contribution in [0.5, 0.6) is 0 Å². The van der Waals surface area contributed by atoms with Crippen molar-refractivity contribution in [1.82, 2.24) is 0 Å². The van der Waals surface area contributed by atoms with E-state index in [1.807, 2.05) is 25.1 Å². The lowest BCUT2D eigenvalue weighted by atomic mass is 10.2. The fourth-order valence-corrected chi connectivity index (χ4v) is 1.36. The quantitative estimate of drug-likeness (QED) is 0.634. The van der Waals surface area contributed by atoms with E-state index in [9.17, 15) is 5.11 Å². The molecular weight excluding hydrogens is 192 g/mol. The summed E-state index contributed by atoms with van der Waals surface area (Å²) < 4.78 is 4.83. The van der Waals surface area contributed by atoms with E-state index in [-0.39, 0.29) is 0 Å². The van der Waals surface area contributed by atoms with Crippen molar-refractivity contribution in [3.63, 3.8) is 0 Å². The van der Waals surface area contributed by atoms with E-state index in [1.54, 1.807) is 7.11 Å². The lowest BCUT2D eigenvalue weighted by Gasteiger charge is -2.13. The van der Waals surface area contributed by atoms with Crippen LogP contribution in [0.2, 0.25) is 0 Å². The molecule has 0 aliphatic rings. The Bertz CT molecular complexity index is 315. The van der Waals surface area contributed by atoms with Gasteiger partial charge in [-0.05, 0) is 30.7 Å². The predicted molar refractivity (Wildman–Crippen MR) is 62.0 cm³/mol. The minimum atomic E-state index is -0.494. The Morgan fingerprint density at radius 1 is 1.53 bits per heavy atom. The smallest absolute Gasteiger partial charge is 0.0945 e. The molecule has 1 atom stereocenters. The van der Waals surface area contributed by atoms with E-state index in [2.05, 4.69) is 5.32 Å². The normalized spacial score (nSPS) is 12.5. The maximum atomic E-state index is 9.44. The highest BCUT2D eigenvalue weighted by atomic mass is 16.5. The van der Waals surface area contributed by atoms with Gasteiger partial charge in [0.05, 0.1) is 12.7 Å². The highest BCUT2D eigenvalue weighted by Crippen LogP contribution is 2.17. The second kappa shape index (κ2) is 5.58. The summed E-state index contributed by atoms with van der Waals surface area (Å²) in [5.41, 5.74) is 8.43. The van der Waals surface area contributed by atoms with Crippen LogP contribution in [0.4, 0.5) is 11.4 Å². The van der Waals surface area contributed by atoms with Gasteiger partial charge >= 0.3 is 0 Å². The topological polar surface area (TPSA) is 67.5 Å². The van der Waals surface area contributed by atoms with Crippen LogP contribution in [0.1, 0.15) is 5.56 Å². The van der Waals surface area contributed by atoms with Crippen LogP contribution in [0.3, 0.4) is 0 Å². The molecule has 0 aromatic heterocycles. The number of nitrogens with one attached hydrogen (secondary N) is 1. The SMILES string of the molecule is COCC(O)CNc1ccc(N)cc1C. The molecular formula is C11H18N2O2. The second-order valence-corrected chi connectivity index (χ2v) is 3.56. The van der Waals surface area contributed by atoms with Gasteiger partial charge in [0, 0.05) is 25.0 Å². The Balaban J connectivity index is 2.50. The Labute approximate surface area is 90.1 Å². The number of rotatable bonds is 5. The summed E-state index contributed by atoms with van der Waals surface area (Å²) in [6.07, 6.45) is -0.494. The van der Waals surface area contributed by atoms with Crippen molar-refractivity contribution in [3.05, 3.63) is 23.8 Å². The first-order valence-electron chi connectivity index (χ1n) is 4.90. The maximum absolute atomic E-state index is 9.44. The third kappa shape index (κ3) is 3.77. The van der Waals surface area contributed by atoms with Crippen LogP contribution in [0, 0.1) is 6.92 Å². The molecule has 0 saturated carbocycles. The molecule has 1 unspecified atom stereocenters. The fraction of sp³-hybridized carbons (Fsp3) is 0.455. The fourth-order valence-electron chi connectivity index (χ4n) is 1.36. The van der Waals surface area contributed by atoms with Crippen LogP contribution < -0.4 is 11.1 Å². The Kier molecular flexibility index (Phi) is 4.39. The number of aliphatic hydroxyl groups is 1. The Morgan fingerprint density at radius 3 is 2.87 bits per heavy atom. The largest absolute Gasteiger partial charge is 0.399 e. The first-order valence-corrected chi connectivity index (χ1v) is 4.90. The van der Waals surface area contributed by atoms with Gasteiger partial charge in [0.2, 0.25) is 0 Å². The van der Waals surface area contributed by atoms with Crippen molar-refractivity contribution in [3.8, 4) is 0 Å². The van der Waals surface area contributed by atoms with Gasteiger partial charge < -0.3 is 20.9 Å². The Morgan fingerprint density at radius 2 is 2.27 bits per heavy atom. The van der Waals surface area contributed by atoms with Gasteiger partial charge in [0.15, 0.2) is 0 Å². The molecule has 0 radical (unpaired) electrons. The number of aliphatic hydroxyl groups excluding tert-OH is 1. The summed E-state index contributed by atoms with van der Waals surface area (Å²) in [4.78, 5) is 0. The zero-order valence-corrected chi connectivity index (χ0v) is 9.16. The highest BCUT2D eigenvalue weighted by molar-refractivity contribution is 5.57. The molecule has 0 bridgehead atoms. The van der Waals surface area contributed by atoms with Gasteiger partial charge in [0.25, 0.3) is 0 Å². The van der Waals surface area contributed by atoms with E-state index >= 15 is 0 Å². The van der Waals surface area contributed by atoms with Crippen molar-refractivity contribution in [2.45, 2.75) is 13.0 Å². The molecule has 1 aromatic rings. The average molecular weight is 210 g/mol. The molecule has 4 nitrogen and oxygen atoms in total. The van der Waals surface area contributed by atoms with E-state index in [1.165, 1.54) is 0 Å². The maximum Gasteiger partial charge on any atom is 0.0945 e. The standard InChI is InChI=1S/C11H18N2O2/c1-8-5-9(12)3-4-11(8)13-6-10(14)7-15-2/h3-5,10,13-14H,6-7,12H2,1-2H3. The van der Waals surface area contributed by atoms with Crippen molar-refractivity contribution in [2.75, 3.05) is 31.3 Å². The van der Waals surface area contributed by atoms with Gasteiger partial charge in [-0.15, -0.1) is 0 Å². The molecule has 0 spiro atoms. The summed E-state index contributed by atoms with van der Waals surface area (Å²) in [5, 5.41) is 12.6. The molecule has 1 aromatic carbocycles. The van der Waals surface area contributed by atoms with E-state index in [4.69, 9.17) is 10.5 Å². The van der Waals surface area contributed by atoms with Crippen molar-refractivity contribution < 1.29 is 9.84 Å². The molecule has 4 heteroatoms. The van der Waals surface area contributed by atoms with E-state index < -0.39 is 6.10 Å². The monoisotopic (exact) mass is 210 g/mol. The van der Waals surface area contributed by atoms with Crippen LogP contribution in [-0.4, -0.2) is 31.5 Å². The number of benzene rings is 1. The van der Waals surface area contributed by atoms with Gasteiger partial charge in [-0.3, -0.25) is 0 Å². The molecule has 1 rings (SSSR count). The molecule has 15 heavy (non-hydrogen) atoms. The van der Waals surface area contributed by atoms with Gasteiger partial charge in [-0.25, -0.2) is 0 Å². The zero-order valence-electron chi connectivity index (χ0n) is 9.16. The number of hydrogen-bond acceptors (Lipinski definition) is 4. The first kappa shape index (κ1) is 11.8. The van der Waals surface area contributed by atoms with Crippen LogP contribution in [0.25, 0.3) is 0 Å². The minimum absolute atomic E-state index is 0.334. The summed E-state index contributed by atoms with van der Waals surface area (Å²) >= 11 is 0. The lowest BCUT2D eigenvalue weighted by molar-refractivity contribution is 0.0727. The van der Waals surface area contributed by atoms with E-state index in [0.717, 1.165) is 16.9 Å². The molecule has 0 aliphatic heterocycles. The number of methoxy groups -OCH3 is 1. The van der Waals surface area contributed by atoms with Crippen LogP contribution in [-0.2, 0) is 4.74 Å². The number of ether oxygens (including phenoxy) is 1. The summed E-state index contributed by atoms with van der Waals surface area (Å²) in [6.45, 7) is 2.78. The van der Waals surface area contributed by atoms with Gasteiger partial charge in [0.1, 0.15) is 0 Å². The first-order chi connectivity index (χ1) is 7.13. The molecule has 0 saturated heterocycles. The summed E-state index contributed by atoms with van der Waals surface area (Å²) in [7, 11) is 1.57. The van der Waals surface area contributed by atoms with Crippen molar-refractivity contribution in [1.29, 1.82) is 0 Å². The van der Waals surface area contributed by atoms with Gasteiger partial charge in [-0.2, -0.15) is 0 Å². The number of nitrogen functional groups attached to an aromatic ring is 1.